The lowest BCUT2D eigenvalue weighted by molar-refractivity contribution is -0.116. The number of methoxy groups -OCH3 is 2. The topological polar surface area (TPSA) is 96.2 Å². The van der Waals surface area contributed by atoms with Gasteiger partial charge in [-0.3, -0.25) is 19.8 Å². The number of ketones is 1. The van der Waals surface area contributed by atoms with Crippen LogP contribution in [0.4, 0.5) is 5.82 Å². The molecule has 7 nitrogen and oxygen atoms in total. The third-order valence-corrected chi connectivity index (χ3v) is 6.19. The number of allylic oxidation sites excluding steroid dienone is 2. The maximum absolute atomic E-state index is 13.4. The van der Waals surface area contributed by atoms with Gasteiger partial charge in [-0.25, -0.2) is 0 Å². The maximum atomic E-state index is 13.4. The summed E-state index contributed by atoms with van der Waals surface area (Å²) >= 11 is 0. The number of aromatic amines is 2. The molecule has 0 amide bonds. The summed E-state index contributed by atoms with van der Waals surface area (Å²) < 4.78 is 10.8. The molecule has 31 heavy (non-hydrogen) atoms. The Kier molecular flexibility index (Phi) is 4.66. The smallest absolute Gasteiger partial charge is 0.270 e. The number of nitrogens with one attached hydrogen (secondary N) is 3. The minimum absolute atomic E-state index is 0.00203. The summed E-state index contributed by atoms with van der Waals surface area (Å²) in [4.78, 5) is 26.0. The van der Waals surface area contributed by atoms with Crippen molar-refractivity contribution in [3.05, 3.63) is 86.8 Å². The van der Waals surface area contributed by atoms with Crippen molar-refractivity contribution in [2.24, 2.45) is 0 Å². The number of hydrogen-bond acceptors (Lipinski definition) is 5. The predicted octanol–water partition coefficient (Wildman–Crippen LogP) is 3.68. The Morgan fingerprint density at radius 3 is 2.39 bits per heavy atom. The minimum Gasteiger partial charge on any atom is -0.493 e. The zero-order valence-corrected chi connectivity index (χ0v) is 17.3. The molecule has 2 aliphatic rings. The first-order valence-electron chi connectivity index (χ1n) is 10.2. The van der Waals surface area contributed by atoms with Gasteiger partial charge in [0, 0.05) is 23.6 Å². The number of hydrogen-bond donors (Lipinski definition) is 3. The molecule has 2 heterocycles. The summed E-state index contributed by atoms with van der Waals surface area (Å²) in [5.41, 5.74) is 3.83. The van der Waals surface area contributed by atoms with Crippen molar-refractivity contribution in [2.75, 3.05) is 19.5 Å². The number of carbonyl (C=O) groups excluding carboxylic acids is 1. The molecule has 3 N–H and O–H groups in total. The van der Waals surface area contributed by atoms with Gasteiger partial charge < -0.3 is 14.8 Å². The summed E-state index contributed by atoms with van der Waals surface area (Å²) in [6.07, 6.45) is 1.03. The molecule has 158 valence electrons. The Morgan fingerprint density at radius 2 is 1.65 bits per heavy atom. The van der Waals surface area contributed by atoms with Crippen molar-refractivity contribution in [3.8, 4) is 11.5 Å². The minimum atomic E-state index is -0.388. The van der Waals surface area contributed by atoms with E-state index >= 15 is 0 Å². The van der Waals surface area contributed by atoms with Gasteiger partial charge in [0.1, 0.15) is 5.82 Å². The fourth-order valence-electron chi connectivity index (χ4n) is 4.74. The van der Waals surface area contributed by atoms with Gasteiger partial charge in [0.2, 0.25) is 0 Å². The van der Waals surface area contributed by atoms with Crippen LogP contribution in [0.1, 0.15) is 41.4 Å². The molecule has 1 aliphatic heterocycles. The van der Waals surface area contributed by atoms with Gasteiger partial charge in [-0.15, -0.1) is 0 Å². The highest BCUT2D eigenvalue weighted by Gasteiger charge is 2.40. The standard InChI is InChI=1S/C24H23N3O4/c1-30-18-9-8-14(12-19(18)31-2)15-10-16-21(17(28)11-15)20(13-6-4-3-5-7-13)22-23(25-16)26-27-24(22)29/h3-9,12,15,20H,10-11H2,1-2H3,(H3,25,26,27,29). The van der Waals surface area contributed by atoms with Gasteiger partial charge in [-0.1, -0.05) is 36.4 Å². The molecule has 2 unspecified atom stereocenters. The Balaban J connectivity index is 1.58. The summed E-state index contributed by atoms with van der Waals surface area (Å²) in [6.45, 7) is 0. The highest BCUT2D eigenvalue weighted by molar-refractivity contribution is 6.01. The Bertz CT molecular complexity index is 1240. The van der Waals surface area contributed by atoms with Crippen LogP contribution in [0, 0.1) is 0 Å². The van der Waals surface area contributed by atoms with Crippen LogP contribution < -0.4 is 20.3 Å². The van der Waals surface area contributed by atoms with Crippen molar-refractivity contribution < 1.29 is 14.3 Å². The van der Waals surface area contributed by atoms with E-state index in [1.807, 2.05) is 48.5 Å². The number of fused-ring (bicyclic) bond motifs is 1. The molecular weight excluding hydrogens is 394 g/mol. The van der Waals surface area contributed by atoms with Crippen molar-refractivity contribution in [1.29, 1.82) is 0 Å². The number of rotatable bonds is 4. The average molecular weight is 417 g/mol. The largest absolute Gasteiger partial charge is 0.493 e. The van der Waals surface area contributed by atoms with Gasteiger partial charge >= 0.3 is 0 Å². The van der Waals surface area contributed by atoms with Crippen molar-refractivity contribution in [1.82, 2.24) is 10.2 Å². The molecule has 1 aliphatic carbocycles. The zero-order valence-electron chi connectivity index (χ0n) is 17.3. The number of ether oxygens (including phenoxy) is 2. The molecule has 1 aromatic heterocycles. The lowest BCUT2D eigenvalue weighted by Gasteiger charge is -2.34. The van der Waals surface area contributed by atoms with Crippen LogP contribution in [-0.4, -0.2) is 30.2 Å². The van der Waals surface area contributed by atoms with Crippen LogP contribution in [0.3, 0.4) is 0 Å². The van der Waals surface area contributed by atoms with Gasteiger partial charge in [0.05, 0.1) is 19.8 Å². The van der Waals surface area contributed by atoms with Crippen LogP contribution in [0.25, 0.3) is 0 Å². The van der Waals surface area contributed by atoms with E-state index in [1.54, 1.807) is 14.2 Å². The van der Waals surface area contributed by atoms with E-state index in [9.17, 15) is 9.59 Å². The lowest BCUT2D eigenvalue weighted by Crippen LogP contribution is -2.31. The molecule has 0 bridgehead atoms. The molecule has 2 atom stereocenters. The quantitative estimate of drug-likeness (QED) is 0.602. The molecule has 0 fully saturated rings. The van der Waals surface area contributed by atoms with Gasteiger partial charge in [0.15, 0.2) is 17.3 Å². The molecule has 5 rings (SSSR count). The summed E-state index contributed by atoms with van der Waals surface area (Å²) in [7, 11) is 3.20. The number of Topliss-reactive ketones (excluding diaryl/α,β-unsaturated/α-hetero) is 1. The molecule has 3 aromatic rings. The van der Waals surface area contributed by atoms with Gasteiger partial charge in [0.25, 0.3) is 5.56 Å². The molecule has 0 saturated carbocycles. The second-order valence-corrected chi connectivity index (χ2v) is 7.87. The Hall–Kier alpha value is -3.74. The third kappa shape index (κ3) is 3.13. The average Bonchev–Trinajstić information content (AvgIpc) is 3.17. The second kappa shape index (κ2) is 7.50. The van der Waals surface area contributed by atoms with Gasteiger partial charge in [-0.2, -0.15) is 0 Å². The molecular formula is C24H23N3O4. The SMILES string of the molecule is COc1ccc(C2CC(=O)C3=C(C2)Nc2[nH][nH]c(=O)c2C3c2ccccc2)cc1OC. The van der Waals surface area contributed by atoms with Crippen LogP contribution in [-0.2, 0) is 4.79 Å². The first kappa shape index (κ1) is 19.2. The number of H-pyrrole nitrogens is 2. The normalized spacial score (nSPS) is 20.0. The van der Waals surface area contributed by atoms with Crippen LogP contribution in [0.15, 0.2) is 64.6 Å². The Morgan fingerprint density at radius 1 is 0.871 bits per heavy atom. The van der Waals surface area contributed by atoms with Crippen molar-refractivity contribution in [3.63, 3.8) is 0 Å². The van der Waals surface area contributed by atoms with E-state index in [0.717, 1.165) is 16.8 Å². The number of anilines is 1. The van der Waals surface area contributed by atoms with E-state index in [0.29, 0.717) is 41.3 Å². The summed E-state index contributed by atoms with van der Waals surface area (Å²) in [5.74, 6) is 1.58. The summed E-state index contributed by atoms with van der Waals surface area (Å²) in [5, 5.41) is 8.91. The van der Waals surface area contributed by atoms with Crippen LogP contribution in [0.5, 0.6) is 11.5 Å². The van der Waals surface area contributed by atoms with Gasteiger partial charge in [-0.05, 0) is 35.6 Å². The Labute approximate surface area is 179 Å². The molecule has 0 spiro atoms. The third-order valence-electron chi connectivity index (χ3n) is 6.19. The van der Waals surface area contributed by atoms with Crippen LogP contribution in [0.2, 0.25) is 0 Å². The fraction of sp³-hybridized carbons (Fsp3) is 0.250. The van der Waals surface area contributed by atoms with E-state index in [4.69, 9.17) is 9.47 Å². The fourth-order valence-corrected chi connectivity index (χ4v) is 4.74. The number of carbonyl (C=O) groups is 1. The van der Waals surface area contributed by atoms with E-state index in [2.05, 4.69) is 15.5 Å². The first-order valence-corrected chi connectivity index (χ1v) is 10.2. The van der Waals surface area contributed by atoms with Crippen LogP contribution >= 0.6 is 0 Å². The van der Waals surface area contributed by atoms with Crippen molar-refractivity contribution in [2.45, 2.75) is 24.7 Å². The van der Waals surface area contributed by atoms with E-state index in [-0.39, 0.29) is 23.2 Å². The lowest BCUT2D eigenvalue weighted by atomic mass is 9.73. The number of benzene rings is 2. The van der Waals surface area contributed by atoms with E-state index in [1.165, 1.54) is 0 Å². The van der Waals surface area contributed by atoms with E-state index < -0.39 is 0 Å². The molecule has 0 saturated heterocycles. The molecule has 2 aromatic carbocycles. The first-order chi connectivity index (χ1) is 15.1. The second-order valence-electron chi connectivity index (χ2n) is 7.87. The highest BCUT2D eigenvalue weighted by atomic mass is 16.5. The predicted molar refractivity (Wildman–Crippen MR) is 117 cm³/mol. The molecule has 7 heteroatoms. The highest BCUT2D eigenvalue weighted by Crippen LogP contribution is 2.47. The monoisotopic (exact) mass is 417 g/mol. The van der Waals surface area contributed by atoms with Crippen molar-refractivity contribution >= 4 is 11.6 Å². The number of aromatic nitrogens is 2. The summed E-state index contributed by atoms with van der Waals surface area (Å²) in [6, 6.07) is 15.5. The zero-order chi connectivity index (χ0) is 21.5. The molecule has 0 radical (unpaired) electrons. The maximum Gasteiger partial charge on any atom is 0.270 e.